The molecule has 7 heteroatoms. The first kappa shape index (κ1) is 19.5. The van der Waals surface area contributed by atoms with Crippen molar-refractivity contribution < 1.29 is 22.5 Å². The number of ether oxygens (including phenoxy) is 1. The Kier molecular flexibility index (Phi) is 7.04. The Morgan fingerprint density at radius 2 is 1.68 bits per heavy atom. The molecule has 0 aliphatic carbocycles. The van der Waals surface area contributed by atoms with Crippen LogP contribution in [0.2, 0.25) is 0 Å². The molecule has 0 amide bonds. The topological polar surface area (TPSA) is 80.7 Å². The zero-order chi connectivity index (χ0) is 18.3. The van der Waals surface area contributed by atoms with Crippen molar-refractivity contribution in [1.29, 1.82) is 0 Å². The molecule has 0 aromatic heterocycles. The minimum Gasteiger partial charge on any atom is -0.462 e. The second-order valence-electron chi connectivity index (χ2n) is 5.52. The van der Waals surface area contributed by atoms with Crippen molar-refractivity contribution in [2.75, 3.05) is 12.4 Å². The molecule has 2 aromatic rings. The third kappa shape index (κ3) is 5.59. The predicted octanol–water partition coefficient (Wildman–Crippen LogP) is 3.58. The normalized spacial score (nSPS) is 12.6. The van der Waals surface area contributed by atoms with Crippen LogP contribution in [0.5, 0.6) is 0 Å². The molecule has 1 N–H and O–H groups in total. The molecular weight excluding hydrogens is 360 g/mol. The summed E-state index contributed by atoms with van der Waals surface area (Å²) >= 11 is 4.27. The van der Waals surface area contributed by atoms with Crippen LogP contribution in [0.15, 0.2) is 59.5 Å². The Labute approximate surface area is 153 Å². The fourth-order valence-corrected chi connectivity index (χ4v) is 3.58. The van der Waals surface area contributed by atoms with E-state index < -0.39 is 21.0 Å². The number of hydrogen-bond donors (Lipinski definition) is 2. The summed E-state index contributed by atoms with van der Waals surface area (Å²) < 4.78 is 37.1. The molecule has 25 heavy (non-hydrogen) atoms. The Hall–Kier alpha value is -1.83. The maximum Gasteiger partial charge on any atom is 0.339 e. The molecule has 0 aliphatic heterocycles. The lowest BCUT2D eigenvalue weighted by Gasteiger charge is -2.16. The highest BCUT2D eigenvalue weighted by Gasteiger charge is 2.21. The van der Waals surface area contributed by atoms with Crippen LogP contribution >= 0.6 is 12.6 Å². The van der Waals surface area contributed by atoms with Crippen molar-refractivity contribution in [3.8, 4) is 0 Å². The van der Waals surface area contributed by atoms with Crippen molar-refractivity contribution >= 4 is 28.7 Å². The van der Waals surface area contributed by atoms with Crippen LogP contribution in [-0.2, 0) is 14.9 Å². The summed E-state index contributed by atoms with van der Waals surface area (Å²) in [6.45, 7) is 0.145. The third-order valence-corrected chi connectivity index (χ3v) is 5.00. The number of esters is 1. The van der Waals surface area contributed by atoms with Gasteiger partial charge in [-0.1, -0.05) is 42.5 Å². The van der Waals surface area contributed by atoms with Crippen LogP contribution in [0.25, 0.3) is 0 Å². The molecule has 2 rings (SSSR count). The molecule has 0 fully saturated rings. The number of thiol groups is 1. The van der Waals surface area contributed by atoms with Crippen molar-refractivity contribution in [3.63, 3.8) is 0 Å². The first-order chi connectivity index (χ1) is 11.9. The number of hydrogen-bond acceptors (Lipinski definition) is 5. The van der Waals surface area contributed by atoms with Crippen molar-refractivity contribution in [1.82, 2.24) is 0 Å². The Morgan fingerprint density at radius 1 is 1.04 bits per heavy atom. The van der Waals surface area contributed by atoms with E-state index in [-0.39, 0.29) is 18.1 Å². The quantitative estimate of drug-likeness (QED) is 0.416. The third-order valence-electron chi connectivity index (χ3n) is 3.83. The number of carbonyl (C=O) groups is 1. The fourth-order valence-electron chi connectivity index (χ4n) is 2.59. The molecule has 2 aromatic carbocycles. The van der Waals surface area contributed by atoms with Gasteiger partial charge in [0, 0.05) is 0 Å². The van der Waals surface area contributed by atoms with Gasteiger partial charge in [0.1, 0.15) is 4.90 Å². The lowest BCUT2D eigenvalue weighted by molar-refractivity contribution is 0.0487. The molecule has 0 spiro atoms. The van der Waals surface area contributed by atoms with Gasteiger partial charge in [-0.05, 0) is 42.2 Å². The first-order valence-electron chi connectivity index (χ1n) is 7.83. The molecule has 0 radical (unpaired) electrons. The van der Waals surface area contributed by atoms with E-state index in [1.807, 2.05) is 30.3 Å². The van der Waals surface area contributed by atoms with E-state index in [2.05, 4.69) is 12.6 Å². The highest BCUT2D eigenvalue weighted by atomic mass is 32.2. The number of rotatable bonds is 8. The Bertz CT molecular complexity index is 803. The maximum absolute atomic E-state index is 12.2. The zero-order valence-corrected chi connectivity index (χ0v) is 15.2. The summed E-state index contributed by atoms with van der Waals surface area (Å²) in [5.74, 6) is 0.133. The molecule has 0 aliphatic rings. The monoisotopic (exact) mass is 380 g/mol. The molecule has 134 valence electrons. The standard InChI is InChI=1S/C18H20O5S2/c19-18(16-8-4-5-9-17(16)25(20,21)22)23-12-10-15(11-13-24)14-6-2-1-3-7-14/h1-9,15,24H,10-13H2,(H,20,21,22). The van der Waals surface area contributed by atoms with Gasteiger partial charge in [0.05, 0.1) is 12.2 Å². The van der Waals surface area contributed by atoms with Gasteiger partial charge < -0.3 is 4.74 Å². The average Bonchev–Trinajstić information content (AvgIpc) is 2.61. The molecular formula is C18H20O5S2. The highest BCUT2D eigenvalue weighted by molar-refractivity contribution is 7.86. The molecule has 5 nitrogen and oxygen atoms in total. The van der Waals surface area contributed by atoms with Crippen LogP contribution in [0.3, 0.4) is 0 Å². The van der Waals surface area contributed by atoms with Gasteiger partial charge in [-0.15, -0.1) is 0 Å². The molecule has 0 saturated carbocycles. The van der Waals surface area contributed by atoms with Crippen LogP contribution in [0.4, 0.5) is 0 Å². The van der Waals surface area contributed by atoms with E-state index in [0.717, 1.165) is 12.0 Å². The predicted molar refractivity (Wildman–Crippen MR) is 98.8 cm³/mol. The fraction of sp³-hybridized carbons (Fsp3) is 0.278. The minimum atomic E-state index is -4.48. The summed E-state index contributed by atoms with van der Waals surface area (Å²) in [4.78, 5) is 11.7. The molecule has 0 heterocycles. The van der Waals surface area contributed by atoms with Crippen LogP contribution in [0, 0.1) is 0 Å². The van der Waals surface area contributed by atoms with Crippen LogP contribution in [-0.4, -0.2) is 31.3 Å². The van der Waals surface area contributed by atoms with E-state index in [1.54, 1.807) is 0 Å². The SMILES string of the molecule is O=C(OCCC(CCS)c1ccccc1)c1ccccc1S(=O)(=O)O. The van der Waals surface area contributed by atoms with E-state index in [0.29, 0.717) is 12.2 Å². The minimum absolute atomic E-state index is 0.145. The molecule has 0 saturated heterocycles. The second kappa shape index (κ2) is 9.03. The summed E-state index contributed by atoms with van der Waals surface area (Å²) in [6.07, 6.45) is 1.44. The largest absolute Gasteiger partial charge is 0.462 e. The van der Waals surface area contributed by atoms with E-state index in [1.165, 1.54) is 24.3 Å². The first-order valence-corrected chi connectivity index (χ1v) is 9.90. The van der Waals surface area contributed by atoms with Gasteiger partial charge in [-0.25, -0.2) is 4.79 Å². The van der Waals surface area contributed by atoms with Crippen molar-refractivity contribution in [2.24, 2.45) is 0 Å². The van der Waals surface area contributed by atoms with Gasteiger partial charge in [0.15, 0.2) is 0 Å². The van der Waals surface area contributed by atoms with Crippen LogP contribution in [0.1, 0.15) is 34.7 Å². The summed E-state index contributed by atoms with van der Waals surface area (Å²) in [5, 5.41) is 0. The Morgan fingerprint density at radius 3 is 2.32 bits per heavy atom. The summed E-state index contributed by atoms with van der Waals surface area (Å²) in [7, 11) is -4.48. The van der Waals surface area contributed by atoms with E-state index >= 15 is 0 Å². The lowest BCUT2D eigenvalue weighted by atomic mass is 9.94. The van der Waals surface area contributed by atoms with E-state index in [9.17, 15) is 17.8 Å². The highest BCUT2D eigenvalue weighted by Crippen LogP contribution is 2.24. The van der Waals surface area contributed by atoms with Gasteiger partial charge in [-0.3, -0.25) is 4.55 Å². The molecule has 0 bridgehead atoms. The number of benzene rings is 2. The van der Waals surface area contributed by atoms with Gasteiger partial charge in [0.2, 0.25) is 0 Å². The lowest BCUT2D eigenvalue weighted by Crippen LogP contribution is -2.13. The van der Waals surface area contributed by atoms with Crippen molar-refractivity contribution in [3.05, 3.63) is 65.7 Å². The second-order valence-corrected chi connectivity index (χ2v) is 7.35. The summed E-state index contributed by atoms with van der Waals surface area (Å²) in [5.41, 5.74) is 0.974. The zero-order valence-electron chi connectivity index (χ0n) is 13.5. The maximum atomic E-state index is 12.2. The smallest absolute Gasteiger partial charge is 0.339 e. The average molecular weight is 380 g/mol. The van der Waals surface area contributed by atoms with Crippen LogP contribution < -0.4 is 0 Å². The van der Waals surface area contributed by atoms with Crippen molar-refractivity contribution in [2.45, 2.75) is 23.7 Å². The Balaban J connectivity index is 2.03. The van der Waals surface area contributed by atoms with Gasteiger partial charge in [0.25, 0.3) is 10.1 Å². The molecule has 1 atom stereocenters. The molecule has 1 unspecified atom stereocenters. The van der Waals surface area contributed by atoms with Gasteiger partial charge in [-0.2, -0.15) is 21.0 Å². The number of carbonyl (C=O) groups excluding carboxylic acids is 1. The summed E-state index contributed by atoms with van der Waals surface area (Å²) in [6, 6.07) is 15.3. The van der Waals surface area contributed by atoms with E-state index in [4.69, 9.17) is 4.74 Å². The van der Waals surface area contributed by atoms with Gasteiger partial charge >= 0.3 is 5.97 Å².